The molecule has 0 spiro atoms. The molecule has 0 amide bonds. The van der Waals surface area contributed by atoms with Crippen LogP contribution >= 0.6 is 0 Å². The van der Waals surface area contributed by atoms with Crippen LogP contribution in [0.1, 0.15) is 6.42 Å². The Morgan fingerprint density at radius 2 is 2.08 bits per heavy atom. The van der Waals surface area contributed by atoms with Crippen molar-refractivity contribution < 1.29 is 24.4 Å². The van der Waals surface area contributed by atoms with E-state index in [0.717, 1.165) is 0 Å². The van der Waals surface area contributed by atoms with Gasteiger partial charge in [0, 0.05) is 20.6 Å². The zero-order valence-corrected chi connectivity index (χ0v) is 7.84. The molecule has 1 fully saturated rings. The summed E-state index contributed by atoms with van der Waals surface area (Å²) in [7, 11) is 3.03. The minimum atomic E-state index is -0.790. The van der Waals surface area contributed by atoms with Crippen LogP contribution in [0.2, 0.25) is 0 Å². The van der Waals surface area contributed by atoms with Crippen molar-refractivity contribution in [3.05, 3.63) is 0 Å². The molecule has 0 aromatic heterocycles. The number of aliphatic hydroxyl groups is 2. The molecule has 13 heavy (non-hydrogen) atoms. The predicted octanol–water partition coefficient (Wildman–Crippen LogP) is -0.884. The van der Waals surface area contributed by atoms with Crippen LogP contribution in [0.25, 0.3) is 0 Å². The van der Waals surface area contributed by atoms with Crippen molar-refractivity contribution in [2.75, 3.05) is 20.8 Å². The van der Waals surface area contributed by atoms with Gasteiger partial charge in [0.2, 0.25) is 0 Å². The maximum Gasteiger partial charge on any atom is 0.160 e. The van der Waals surface area contributed by atoms with Crippen molar-refractivity contribution >= 4 is 0 Å². The van der Waals surface area contributed by atoms with E-state index in [1.807, 2.05) is 0 Å². The standard InChI is InChI=1S/C8H16O5/c1-11-5-3-7(12-2)13-6(4-9)8(5)10/h5-10H,3-4H2,1-2H3/t5-,6-,7+,8+/m1/s1. The highest BCUT2D eigenvalue weighted by atomic mass is 16.7. The Morgan fingerprint density at radius 3 is 2.54 bits per heavy atom. The van der Waals surface area contributed by atoms with Crippen LogP contribution in [-0.2, 0) is 14.2 Å². The number of hydrogen-bond acceptors (Lipinski definition) is 5. The molecule has 4 atom stereocenters. The van der Waals surface area contributed by atoms with Gasteiger partial charge in [0.1, 0.15) is 12.2 Å². The van der Waals surface area contributed by atoms with Crippen molar-refractivity contribution in [1.29, 1.82) is 0 Å². The van der Waals surface area contributed by atoms with Crippen LogP contribution in [-0.4, -0.2) is 55.6 Å². The lowest BCUT2D eigenvalue weighted by Crippen LogP contribution is -2.51. The average Bonchev–Trinajstić information content (AvgIpc) is 2.18. The van der Waals surface area contributed by atoms with E-state index in [1.165, 1.54) is 14.2 Å². The van der Waals surface area contributed by atoms with E-state index < -0.39 is 18.5 Å². The van der Waals surface area contributed by atoms with Crippen molar-refractivity contribution in [3.8, 4) is 0 Å². The molecule has 0 aromatic carbocycles. The summed E-state index contributed by atoms with van der Waals surface area (Å²) in [6.45, 7) is -0.235. The Balaban J connectivity index is 2.56. The van der Waals surface area contributed by atoms with Crippen LogP contribution in [0.4, 0.5) is 0 Å². The third-order valence-corrected chi connectivity index (χ3v) is 2.26. The molecule has 1 rings (SSSR count). The summed E-state index contributed by atoms with van der Waals surface area (Å²) >= 11 is 0. The van der Waals surface area contributed by atoms with Gasteiger partial charge in [0.25, 0.3) is 0 Å². The first-order chi connectivity index (χ1) is 6.22. The number of methoxy groups -OCH3 is 2. The molecule has 0 bridgehead atoms. The van der Waals surface area contributed by atoms with Crippen LogP contribution in [0.3, 0.4) is 0 Å². The van der Waals surface area contributed by atoms with Gasteiger partial charge in [-0.1, -0.05) is 0 Å². The molecule has 0 saturated carbocycles. The second-order valence-corrected chi connectivity index (χ2v) is 3.02. The molecule has 2 N–H and O–H groups in total. The second-order valence-electron chi connectivity index (χ2n) is 3.02. The quantitative estimate of drug-likeness (QED) is 0.607. The van der Waals surface area contributed by atoms with Gasteiger partial charge in [0.15, 0.2) is 6.29 Å². The first-order valence-corrected chi connectivity index (χ1v) is 4.23. The van der Waals surface area contributed by atoms with Crippen molar-refractivity contribution in [3.63, 3.8) is 0 Å². The monoisotopic (exact) mass is 192 g/mol. The Morgan fingerprint density at radius 1 is 1.38 bits per heavy atom. The maximum absolute atomic E-state index is 9.58. The summed E-state index contributed by atoms with van der Waals surface area (Å²) in [4.78, 5) is 0. The SMILES string of the molecule is CO[C@@H]1C[C@@H](OC)[C@H](O)[C@@H](CO)O1. The fourth-order valence-corrected chi connectivity index (χ4v) is 1.44. The highest BCUT2D eigenvalue weighted by Gasteiger charge is 2.37. The Hall–Kier alpha value is -0.200. The van der Waals surface area contributed by atoms with Gasteiger partial charge in [0.05, 0.1) is 12.7 Å². The minimum absolute atomic E-state index is 0.235. The first kappa shape index (κ1) is 10.9. The fraction of sp³-hybridized carbons (Fsp3) is 1.00. The molecular weight excluding hydrogens is 176 g/mol. The first-order valence-electron chi connectivity index (χ1n) is 4.23. The second kappa shape index (κ2) is 4.88. The van der Waals surface area contributed by atoms with Gasteiger partial charge >= 0.3 is 0 Å². The number of hydrogen-bond donors (Lipinski definition) is 2. The molecule has 1 aliphatic rings. The van der Waals surface area contributed by atoms with Gasteiger partial charge in [-0.3, -0.25) is 0 Å². The Bertz CT molecular complexity index is 137. The Kier molecular flexibility index (Phi) is 4.08. The van der Waals surface area contributed by atoms with Gasteiger partial charge < -0.3 is 24.4 Å². The third kappa shape index (κ3) is 2.38. The highest BCUT2D eigenvalue weighted by Crippen LogP contribution is 2.22. The molecule has 1 heterocycles. The number of aliphatic hydroxyl groups excluding tert-OH is 2. The molecule has 1 saturated heterocycles. The zero-order chi connectivity index (χ0) is 9.84. The molecule has 1 aliphatic heterocycles. The van der Waals surface area contributed by atoms with E-state index in [1.54, 1.807) is 0 Å². The van der Waals surface area contributed by atoms with Crippen molar-refractivity contribution in [1.82, 2.24) is 0 Å². The van der Waals surface area contributed by atoms with Crippen LogP contribution in [0.15, 0.2) is 0 Å². The van der Waals surface area contributed by atoms with Gasteiger partial charge in [-0.05, 0) is 0 Å². The summed E-state index contributed by atoms with van der Waals surface area (Å²) in [5, 5.41) is 18.5. The normalized spacial score (nSPS) is 40.6. The fourth-order valence-electron chi connectivity index (χ4n) is 1.44. The molecule has 78 valence electrons. The van der Waals surface area contributed by atoms with E-state index in [-0.39, 0.29) is 12.7 Å². The van der Waals surface area contributed by atoms with Gasteiger partial charge in [-0.15, -0.1) is 0 Å². The molecule has 0 aromatic rings. The molecule has 5 heteroatoms. The smallest absolute Gasteiger partial charge is 0.160 e. The summed E-state index contributed by atoms with van der Waals surface area (Å²) in [6.07, 6.45) is -1.68. The lowest BCUT2D eigenvalue weighted by molar-refractivity contribution is -0.252. The van der Waals surface area contributed by atoms with E-state index in [0.29, 0.717) is 6.42 Å². The summed E-state index contributed by atoms with van der Waals surface area (Å²) in [5.41, 5.74) is 0. The molecule has 5 nitrogen and oxygen atoms in total. The van der Waals surface area contributed by atoms with E-state index in [4.69, 9.17) is 19.3 Å². The summed E-state index contributed by atoms with van der Waals surface area (Å²) in [5.74, 6) is 0. The molecular formula is C8H16O5. The van der Waals surface area contributed by atoms with Crippen LogP contribution in [0, 0.1) is 0 Å². The topological polar surface area (TPSA) is 68.2 Å². The predicted molar refractivity (Wildman–Crippen MR) is 44.2 cm³/mol. The number of rotatable bonds is 3. The summed E-state index contributed by atoms with van der Waals surface area (Å²) < 4.78 is 15.3. The van der Waals surface area contributed by atoms with E-state index in [9.17, 15) is 5.11 Å². The minimum Gasteiger partial charge on any atom is -0.394 e. The van der Waals surface area contributed by atoms with Crippen molar-refractivity contribution in [2.45, 2.75) is 31.0 Å². The third-order valence-electron chi connectivity index (χ3n) is 2.26. The molecule has 0 unspecified atom stereocenters. The van der Waals surface area contributed by atoms with Gasteiger partial charge in [-0.2, -0.15) is 0 Å². The van der Waals surface area contributed by atoms with Crippen LogP contribution < -0.4 is 0 Å². The largest absolute Gasteiger partial charge is 0.394 e. The van der Waals surface area contributed by atoms with Crippen LogP contribution in [0.5, 0.6) is 0 Å². The molecule has 0 radical (unpaired) electrons. The van der Waals surface area contributed by atoms with Crippen molar-refractivity contribution in [2.24, 2.45) is 0 Å². The zero-order valence-electron chi connectivity index (χ0n) is 7.84. The van der Waals surface area contributed by atoms with E-state index >= 15 is 0 Å². The summed E-state index contributed by atoms with van der Waals surface area (Å²) in [6, 6.07) is 0. The lowest BCUT2D eigenvalue weighted by atomic mass is 10.0. The lowest BCUT2D eigenvalue weighted by Gasteiger charge is -2.37. The average molecular weight is 192 g/mol. The van der Waals surface area contributed by atoms with E-state index in [2.05, 4.69) is 0 Å². The Labute approximate surface area is 77.2 Å². The maximum atomic E-state index is 9.58. The van der Waals surface area contributed by atoms with Gasteiger partial charge in [-0.25, -0.2) is 0 Å². The number of ether oxygens (including phenoxy) is 3. The highest BCUT2D eigenvalue weighted by molar-refractivity contribution is 4.83. The molecule has 0 aliphatic carbocycles.